The van der Waals surface area contributed by atoms with Gasteiger partial charge in [0.15, 0.2) is 0 Å². The Morgan fingerprint density at radius 3 is 2.69 bits per heavy atom. The van der Waals surface area contributed by atoms with Crippen molar-refractivity contribution in [2.24, 2.45) is 5.92 Å². The molecule has 2 aliphatic rings. The predicted octanol–water partition coefficient (Wildman–Crippen LogP) is 3.30. The number of thiazole rings is 1. The molecule has 0 N–H and O–H groups in total. The Morgan fingerprint density at radius 2 is 2.04 bits per heavy atom. The summed E-state index contributed by atoms with van der Waals surface area (Å²) in [6, 6.07) is 2.01. The Bertz CT molecular complexity index is 787. The number of anilines is 1. The van der Waals surface area contributed by atoms with Crippen LogP contribution in [0.2, 0.25) is 0 Å². The Kier molecular flexibility index (Phi) is 4.89. The molecule has 2 aromatic rings. The Hall–Kier alpha value is -2.02. The minimum absolute atomic E-state index is 0.0128. The van der Waals surface area contributed by atoms with Gasteiger partial charge in [0.05, 0.1) is 18.4 Å². The third-order valence-corrected chi connectivity index (χ3v) is 6.23. The van der Waals surface area contributed by atoms with Gasteiger partial charge in [0.1, 0.15) is 11.2 Å². The number of rotatable bonds is 3. The second-order valence-corrected chi connectivity index (χ2v) is 8.34. The van der Waals surface area contributed by atoms with E-state index in [2.05, 4.69) is 21.8 Å². The molecule has 4 heterocycles. The van der Waals surface area contributed by atoms with E-state index in [0.29, 0.717) is 13.0 Å². The van der Waals surface area contributed by atoms with Gasteiger partial charge < -0.3 is 9.80 Å². The zero-order valence-electron chi connectivity index (χ0n) is 14.9. The highest BCUT2D eigenvalue weighted by atomic mass is 32.1. The van der Waals surface area contributed by atoms with Crippen LogP contribution in [0.1, 0.15) is 24.1 Å². The lowest BCUT2D eigenvalue weighted by atomic mass is 9.94. The summed E-state index contributed by atoms with van der Waals surface area (Å²) in [7, 11) is 0. The second-order valence-electron chi connectivity index (χ2n) is 7.10. The van der Waals surface area contributed by atoms with Gasteiger partial charge in [-0.25, -0.2) is 9.37 Å². The van der Waals surface area contributed by atoms with Crippen LogP contribution in [0.5, 0.6) is 0 Å². The molecule has 2 aliphatic heterocycles. The number of likely N-dealkylation sites (tertiary alicyclic amines) is 1. The molecule has 7 heteroatoms. The average Bonchev–Trinajstić information content (AvgIpc) is 3.30. The summed E-state index contributed by atoms with van der Waals surface area (Å²) in [5, 5.41) is 1.00. The molecule has 0 unspecified atom stereocenters. The van der Waals surface area contributed by atoms with E-state index in [9.17, 15) is 9.18 Å². The van der Waals surface area contributed by atoms with Gasteiger partial charge in [-0.2, -0.15) is 0 Å². The molecule has 0 aromatic carbocycles. The van der Waals surface area contributed by atoms with Crippen molar-refractivity contribution in [2.75, 3.05) is 31.1 Å². The van der Waals surface area contributed by atoms with Crippen LogP contribution in [0.4, 0.5) is 10.1 Å². The lowest BCUT2D eigenvalue weighted by Gasteiger charge is -2.35. The van der Waals surface area contributed by atoms with Crippen LogP contribution in [0, 0.1) is 12.8 Å². The molecule has 0 radical (unpaired) electrons. The van der Waals surface area contributed by atoms with Gasteiger partial charge in [-0.3, -0.25) is 9.78 Å². The SMILES string of the molecule is Cc1cnc(-c2ccncc2N2CCC(C(=O)N3CC[C@H](F)C3)CC2)s1. The summed E-state index contributed by atoms with van der Waals surface area (Å²) in [4.78, 5) is 26.6. The van der Waals surface area contributed by atoms with Crippen molar-refractivity contribution in [3.8, 4) is 10.6 Å². The Morgan fingerprint density at radius 1 is 1.23 bits per heavy atom. The maximum atomic E-state index is 13.4. The van der Waals surface area contributed by atoms with E-state index >= 15 is 0 Å². The van der Waals surface area contributed by atoms with Gasteiger partial charge >= 0.3 is 0 Å². The summed E-state index contributed by atoms with van der Waals surface area (Å²) in [6.45, 7) is 4.52. The maximum Gasteiger partial charge on any atom is 0.225 e. The number of halogens is 1. The fourth-order valence-electron chi connectivity index (χ4n) is 3.84. The molecule has 138 valence electrons. The smallest absolute Gasteiger partial charge is 0.225 e. The van der Waals surface area contributed by atoms with Gasteiger partial charge in [0.25, 0.3) is 0 Å². The number of pyridine rings is 1. The molecule has 0 saturated carbocycles. The Balaban J connectivity index is 1.45. The molecule has 0 bridgehead atoms. The van der Waals surface area contributed by atoms with Crippen molar-refractivity contribution < 1.29 is 9.18 Å². The lowest BCUT2D eigenvalue weighted by Crippen LogP contribution is -2.42. The maximum absolute atomic E-state index is 13.4. The number of nitrogens with zero attached hydrogens (tertiary/aromatic N) is 4. The van der Waals surface area contributed by atoms with Gasteiger partial charge in [0.2, 0.25) is 5.91 Å². The van der Waals surface area contributed by atoms with Gasteiger partial charge in [0, 0.05) is 48.4 Å². The third kappa shape index (κ3) is 3.45. The van der Waals surface area contributed by atoms with E-state index in [0.717, 1.165) is 42.2 Å². The molecule has 5 nitrogen and oxygen atoms in total. The first-order valence-electron chi connectivity index (χ1n) is 9.16. The van der Waals surface area contributed by atoms with Crippen LogP contribution in [0.3, 0.4) is 0 Å². The van der Waals surface area contributed by atoms with Crippen LogP contribution >= 0.6 is 11.3 Å². The van der Waals surface area contributed by atoms with Crippen molar-refractivity contribution in [1.29, 1.82) is 0 Å². The quantitative estimate of drug-likeness (QED) is 0.827. The minimum atomic E-state index is -0.848. The monoisotopic (exact) mass is 374 g/mol. The normalized spacial score (nSPS) is 21.4. The lowest BCUT2D eigenvalue weighted by molar-refractivity contribution is -0.135. The second kappa shape index (κ2) is 7.31. The molecule has 2 saturated heterocycles. The predicted molar refractivity (Wildman–Crippen MR) is 101 cm³/mol. The summed E-state index contributed by atoms with van der Waals surface area (Å²) in [6.07, 6.45) is 6.82. The van der Waals surface area contributed by atoms with E-state index < -0.39 is 6.17 Å². The Labute approximate surface area is 156 Å². The van der Waals surface area contributed by atoms with Crippen molar-refractivity contribution in [2.45, 2.75) is 32.4 Å². The van der Waals surface area contributed by atoms with Crippen LogP contribution in [-0.2, 0) is 4.79 Å². The number of carbonyl (C=O) groups is 1. The summed E-state index contributed by atoms with van der Waals surface area (Å²) in [5.41, 5.74) is 2.18. The first kappa shape index (κ1) is 17.4. The summed E-state index contributed by atoms with van der Waals surface area (Å²) < 4.78 is 13.4. The van der Waals surface area contributed by atoms with Crippen LogP contribution in [0.15, 0.2) is 24.7 Å². The topological polar surface area (TPSA) is 49.3 Å². The molecule has 1 amide bonds. The standard InChI is InChI=1S/C19H23FN4OS/c1-13-10-22-18(26-13)16-2-6-21-11-17(16)23-7-3-14(4-8-23)19(25)24-9-5-15(20)12-24/h2,6,10-11,14-15H,3-5,7-9,12H2,1H3/t15-/m0/s1. The highest BCUT2D eigenvalue weighted by Crippen LogP contribution is 2.35. The van der Waals surface area contributed by atoms with Gasteiger partial charge in [-0.1, -0.05) is 0 Å². The number of aromatic nitrogens is 2. The average molecular weight is 374 g/mol. The molecule has 0 spiro atoms. The van der Waals surface area contributed by atoms with Crippen LogP contribution in [0.25, 0.3) is 10.6 Å². The number of alkyl halides is 1. The van der Waals surface area contributed by atoms with Gasteiger partial charge in [-0.05, 0) is 32.3 Å². The highest BCUT2D eigenvalue weighted by Gasteiger charge is 2.33. The van der Waals surface area contributed by atoms with Crippen molar-refractivity contribution in [3.05, 3.63) is 29.5 Å². The molecule has 0 aliphatic carbocycles. The number of carbonyl (C=O) groups excluding carboxylic acids is 1. The zero-order valence-corrected chi connectivity index (χ0v) is 15.7. The molecular weight excluding hydrogens is 351 g/mol. The third-order valence-electron chi connectivity index (χ3n) is 5.28. The van der Waals surface area contributed by atoms with E-state index in [-0.39, 0.29) is 18.4 Å². The van der Waals surface area contributed by atoms with Crippen LogP contribution < -0.4 is 4.90 Å². The number of hydrogen-bond acceptors (Lipinski definition) is 5. The molecule has 1 atom stereocenters. The number of aryl methyl sites for hydroxylation is 1. The first-order valence-corrected chi connectivity index (χ1v) is 9.98. The van der Waals surface area contributed by atoms with Gasteiger partial charge in [-0.15, -0.1) is 11.3 Å². The molecule has 2 aromatic heterocycles. The number of piperidine rings is 1. The number of hydrogen-bond donors (Lipinski definition) is 0. The molecule has 4 rings (SSSR count). The van der Waals surface area contributed by atoms with Crippen molar-refractivity contribution >= 4 is 22.9 Å². The van der Waals surface area contributed by atoms with Crippen molar-refractivity contribution in [1.82, 2.24) is 14.9 Å². The summed E-state index contributed by atoms with van der Waals surface area (Å²) >= 11 is 1.68. The van der Waals surface area contributed by atoms with Crippen molar-refractivity contribution in [3.63, 3.8) is 0 Å². The molecular formula is C19H23FN4OS. The van der Waals surface area contributed by atoms with Crippen LogP contribution in [-0.4, -0.2) is 53.1 Å². The molecule has 26 heavy (non-hydrogen) atoms. The van der Waals surface area contributed by atoms with E-state index in [1.54, 1.807) is 22.4 Å². The number of amides is 1. The fraction of sp³-hybridized carbons (Fsp3) is 0.526. The highest BCUT2D eigenvalue weighted by molar-refractivity contribution is 7.15. The van der Waals surface area contributed by atoms with E-state index in [4.69, 9.17) is 0 Å². The fourth-order valence-corrected chi connectivity index (χ4v) is 4.64. The summed E-state index contributed by atoms with van der Waals surface area (Å²) in [5.74, 6) is 0.144. The van der Waals surface area contributed by atoms with E-state index in [1.807, 2.05) is 18.5 Å². The minimum Gasteiger partial charge on any atom is -0.370 e. The zero-order chi connectivity index (χ0) is 18.1. The largest absolute Gasteiger partial charge is 0.370 e. The first-order chi connectivity index (χ1) is 12.6. The molecule has 2 fully saturated rings. The van der Waals surface area contributed by atoms with E-state index in [1.165, 1.54) is 4.88 Å².